The molecule has 9 heteroatoms. The lowest BCUT2D eigenvalue weighted by Crippen LogP contribution is -2.47. The molecule has 2 heterocycles. The van der Waals surface area contributed by atoms with Gasteiger partial charge in [-0.1, -0.05) is 29.8 Å². The molecule has 7 nitrogen and oxygen atoms in total. The number of carbonyl (C=O) groups is 3. The van der Waals surface area contributed by atoms with Gasteiger partial charge in [0, 0.05) is 21.0 Å². The summed E-state index contributed by atoms with van der Waals surface area (Å²) in [6.45, 7) is 0.0670. The maximum Gasteiger partial charge on any atom is 0.327 e. The third kappa shape index (κ3) is 4.75. The summed E-state index contributed by atoms with van der Waals surface area (Å²) in [6.07, 6.45) is 4.22. The molecule has 2 aromatic heterocycles. The fraction of sp³-hybridized carbons (Fsp3) is 0.0556. The predicted molar refractivity (Wildman–Crippen MR) is 103 cm³/mol. The van der Waals surface area contributed by atoms with Gasteiger partial charge < -0.3 is 9.73 Å². The van der Waals surface area contributed by atoms with Crippen molar-refractivity contribution in [1.29, 1.82) is 0 Å². The highest BCUT2D eigenvalue weighted by Crippen LogP contribution is 2.35. The lowest BCUT2D eigenvalue weighted by molar-refractivity contribution is -0.140. The lowest BCUT2D eigenvalue weighted by Gasteiger charge is -2.05. The number of amides is 3. The minimum atomic E-state index is -0.997. The molecule has 0 radical (unpaired) electrons. The first-order valence-electron chi connectivity index (χ1n) is 7.80. The molecule has 0 spiro atoms. The van der Waals surface area contributed by atoms with Crippen LogP contribution in [0.2, 0.25) is 5.02 Å². The molecule has 0 saturated heterocycles. The van der Waals surface area contributed by atoms with Crippen LogP contribution in [0.4, 0.5) is 0 Å². The standard InChI is InChI=1S/C18H14ClN3O4S/c19-16-12-5-1-2-6-13(12)27-14(16)7-8-15(23)21-22-18(25)17(24)20-10-11-4-3-9-26-11/h1-9H,10H2,(H,20,24)(H,21,23)(H,22,25)/b8-7+. The van der Waals surface area contributed by atoms with Gasteiger partial charge in [0.15, 0.2) is 0 Å². The topological polar surface area (TPSA) is 100 Å². The molecule has 0 aliphatic carbocycles. The second kappa shape index (κ2) is 8.52. The monoisotopic (exact) mass is 403 g/mol. The van der Waals surface area contributed by atoms with E-state index in [4.69, 9.17) is 16.0 Å². The van der Waals surface area contributed by atoms with E-state index in [-0.39, 0.29) is 6.54 Å². The van der Waals surface area contributed by atoms with Gasteiger partial charge in [-0.15, -0.1) is 11.3 Å². The third-order valence-corrected chi connectivity index (χ3v) is 5.11. The fourth-order valence-corrected chi connectivity index (χ4v) is 3.57. The number of hydrogen-bond donors (Lipinski definition) is 3. The van der Waals surface area contributed by atoms with E-state index in [0.29, 0.717) is 10.8 Å². The first kappa shape index (κ1) is 18.7. The Kier molecular flexibility index (Phi) is 5.90. The molecule has 0 saturated carbocycles. The van der Waals surface area contributed by atoms with Crippen LogP contribution in [0.1, 0.15) is 10.6 Å². The van der Waals surface area contributed by atoms with Crippen LogP contribution < -0.4 is 16.2 Å². The van der Waals surface area contributed by atoms with E-state index in [9.17, 15) is 14.4 Å². The van der Waals surface area contributed by atoms with Crippen LogP contribution in [-0.4, -0.2) is 17.7 Å². The highest BCUT2D eigenvalue weighted by atomic mass is 35.5. The van der Waals surface area contributed by atoms with Crippen molar-refractivity contribution in [2.45, 2.75) is 6.54 Å². The number of furan rings is 1. The zero-order valence-electron chi connectivity index (χ0n) is 13.8. The van der Waals surface area contributed by atoms with Gasteiger partial charge in [-0.25, -0.2) is 0 Å². The first-order valence-corrected chi connectivity index (χ1v) is 8.99. The molecule has 3 aromatic rings. The van der Waals surface area contributed by atoms with E-state index in [1.54, 1.807) is 18.2 Å². The van der Waals surface area contributed by atoms with Gasteiger partial charge in [-0.2, -0.15) is 0 Å². The predicted octanol–water partition coefficient (Wildman–Crippen LogP) is 2.62. The molecular formula is C18H14ClN3O4S. The molecule has 0 fully saturated rings. The highest BCUT2D eigenvalue weighted by molar-refractivity contribution is 7.20. The number of benzene rings is 1. The molecular weight excluding hydrogens is 390 g/mol. The van der Waals surface area contributed by atoms with Gasteiger partial charge in [-0.3, -0.25) is 25.2 Å². The van der Waals surface area contributed by atoms with Gasteiger partial charge >= 0.3 is 11.8 Å². The van der Waals surface area contributed by atoms with Gasteiger partial charge in [0.05, 0.1) is 17.8 Å². The van der Waals surface area contributed by atoms with E-state index in [0.717, 1.165) is 15.0 Å². The van der Waals surface area contributed by atoms with Crippen LogP contribution >= 0.6 is 22.9 Å². The molecule has 138 valence electrons. The number of halogens is 1. The summed E-state index contributed by atoms with van der Waals surface area (Å²) in [5, 5.41) is 3.82. The van der Waals surface area contributed by atoms with Crippen LogP contribution in [0.3, 0.4) is 0 Å². The van der Waals surface area contributed by atoms with Gasteiger partial charge in [0.25, 0.3) is 5.91 Å². The van der Waals surface area contributed by atoms with Crippen molar-refractivity contribution in [2.24, 2.45) is 0 Å². The number of hydrogen-bond acceptors (Lipinski definition) is 5. The molecule has 1 aromatic carbocycles. The van der Waals surface area contributed by atoms with E-state index < -0.39 is 17.7 Å². The van der Waals surface area contributed by atoms with Gasteiger partial charge in [0.2, 0.25) is 0 Å². The van der Waals surface area contributed by atoms with Crippen molar-refractivity contribution < 1.29 is 18.8 Å². The SMILES string of the molecule is O=C(/C=C/c1sc2ccccc2c1Cl)NNC(=O)C(=O)NCc1ccco1. The molecule has 3 rings (SSSR count). The summed E-state index contributed by atoms with van der Waals surface area (Å²) < 4.78 is 6.04. The van der Waals surface area contributed by atoms with Crippen LogP contribution in [0.25, 0.3) is 16.2 Å². The van der Waals surface area contributed by atoms with Gasteiger partial charge in [-0.05, 0) is 24.3 Å². The smallest absolute Gasteiger partial charge is 0.327 e. The molecule has 0 aliphatic rings. The van der Waals surface area contributed by atoms with Crippen LogP contribution in [0.15, 0.2) is 53.2 Å². The zero-order valence-corrected chi connectivity index (χ0v) is 15.4. The Balaban J connectivity index is 1.49. The van der Waals surface area contributed by atoms with Crippen molar-refractivity contribution in [3.8, 4) is 0 Å². The van der Waals surface area contributed by atoms with E-state index in [1.165, 1.54) is 23.7 Å². The molecule has 0 unspecified atom stereocenters. The van der Waals surface area contributed by atoms with E-state index >= 15 is 0 Å². The Hall–Kier alpha value is -3.10. The number of carbonyl (C=O) groups excluding carboxylic acids is 3. The van der Waals surface area contributed by atoms with Crippen LogP contribution in [0, 0.1) is 0 Å². The molecule has 3 N–H and O–H groups in total. The Morgan fingerprint density at radius 2 is 1.89 bits per heavy atom. The second-order valence-corrected chi connectivity index (χ2v) is 6.78. The Morgan fingerprint density at radius 1 is 1.07 bits per heavy atom. The first-order chi connectivity index (χ1) is 13.0. The average molecular weight is 404 g/mol. The maximum absolute atomic E-state index is 11.8. The quantitative estimate of drug-likeness (QED) is 0.354. The number of thiophene rings is 1. The van der Waals surface area contributed by atoms with Crippen molar-refractivity contribution in [3.05, 3.63) is 64.4 Å². The van der Waals surface area contributed by atoms with Crippen LogP contribution in [-0.2, 0) is 20.9 Å². The largest absolute Gasteiger partial charge is 0.467 e. The average Bonchev–Trinajstić information content (AvgIpc) is 3.31. The van der Waals surface area contributed by atoms with Gasteiger partial charge in [0.1, 0.15) is 5.76 Å². The molecule has 27 heavy (non-hydrogen) atoms. The lowest BCUT2D eigenvalue weighted by atomic mass is 10.2. The van der Waals surface area contributed by atoms with Crippen molar-refractivity contribution in [1.82, 2.24) is 16.2 Å². The molecule has 0 bridgehead atoms. The minimum Gasteiger partial charge on any atom is -0.467 e. The van der Waals surface area contributed by atoms with E-state index in [1.807, 2.05) is 29.7 Å². The Labute approximate surface area is 163 Å². The van der Waals surface area contributed by atoms with Crippen molar-refractivity contribution in [3.63, 3.8) is 0 Å². The summed E-state index contributed by atoms with van der Waals surface area (Å²) in [7, 11) is 0. The van der Waals surface area contributed by atoms with Crippen molar-refractivity contribution in [2.75, 3.05) is 0 Å². The van der Waals surface area contributed by atoms with Crippen LogP contribution in [0.5, 0.6) is 0 Å². The summed E-state index contributed by atoms with van der Waals surface area (Å²) in [5.41, 5.74) is 4.16. The number of rotatable bonds is 4. The molecule has 3 amide bonds. The zero-order chi connectivity index (χ0) is 19.2. The summed E-state index contributed by atoms with van der Waals surface area (Å²) in [5.74, 6) is -1.99. The van der Waals surface area contributed by atoms with Crippen molar-refractivity contribution >= 4 is 56.8 Å². The fourth-order valence-electron chi connectivity index (χ4n) is 2.17. The molecule has 0 atom stereocenters. The third-order valence-electron chi connectivity index (χ3n) is 3.45. The second-order valence-electron chi connectivity index (χ2n) is 5.32. The summed E-state index contributed by atoms with van der Waals surface area (Å²) >= 11 is 7.73. The number of fused-ring (bicyclic) bond motifs is 1. The normalized spacial score (nSPS) is 10.9. The molecule has 0 aliphatic heterocycles. The highest BCUT2D eigenvalue weighted by Gasteiger charge is 2.14. The Bertz CT molecular complexity index is 1010. The minimum absolute atomic E-state index is 0.0670. The number of hydrazine groups is 1. The number of nitrogens with one attached hydrogen (secondary N) is 3. The maximum atomic E-state index is 11.8. The summed E-state index contributed by atoms with van der Waals surface area (Å²) in [4.78, 5) is 35.8. The van der Waals surface area contributed by atoms with E-state index in [2.05, 4.69) is 10.7 Å². The Morgan fingerprint density at radius 3 is 2.63 bits per heavy atom. The summed E-state index contributed by atoms with van der Waals surface area (Å²) in [6, 6.07) is 10.9.